The van der Waals surface area contributed by atoms with E-state index in [2.05, 4.69) is 18.3 Å². The number of nitro groups is 1. The molecule has 2 unspecified atom stereocenters. The second-order valence-electron chi connectivity index (χ2n) is 4.66. The van der Waals surface area contributed by atoms with Gasteiger partial charge in [0.2, 0.25) is 6.19 Å². The topological polar surface area (TPSA) is 73.4 Å². The Hall–Kier alpha value is -2.55. The Morgan fingerprint density at radius 2 is 1.84 bits per heavy atom. The lowest BCUT2D eigenvalue weighted by Gasteiger charge is -2.48. The highest BCUT2D eigenvalue weighted by molar-refractivity contribution is 5.53. The van der Waals surface area contributed by atoms with Gasteiger partial charge in [-0.2, -0.15) is 5.26 Å². The number of hydrazine groups is 1. The number of non-ortho nitro benzene ring substituents is 1. The van der Waals surface area contributed by atoms with Crippen LogP contribution in [-0.4, -0.2) is 22.0 Å². The SMILES string of the molecule is N#CN1C2C=CC(CC2)N1c1ccc([N+](=O)[O-])cc1. The molecule has 1 saturated heterocycles. The molecule has 3 aliphatic rings. The summed E-state index contributed by atoms with van der Waals surface area (Å²) in [7, 11) is 0. The van der Waals surface area contributed by atoms with Crippen molar-refractivity contribution in [1.82, 2.24) is 5.01 Å². The maximum absolute atomic E-state index is 10.7. The Morgan fingerprint density at radius 1 is 1.21 bits per heavy atom. The summed E-state index contributed by atoms with van der Waals surface area (Å²) in [5, 5.41) is 23.5. The van der Waals surface area contributed by atoms with Crippen molar-refractivity contribution in [3.8, 4) is 6.19 Å². The van der Waals surface area contributed by atoms with E-state index in [1.54, 1.807) is 17.1 Å². The van der Waals surface area contributed by atoms with Gasteiger partial charge in [-0.3, -0.25) is 15.1 Å². The molecule has 1 fully saturated rings. The molecule has 1 aliphatic carbocycles. The van der Waals surface area contributed by atoms with Crippen LogP contribution in [0.4, 0.5) is 11.4 Å². The van der Waals surface area contributed by atoms with Crippen LogP contribution in [0.25, 0.3) is 0 Å². The van der Waals surface area contributed by atoms with Crippen molar-refractivity contribution in [2.45, 2.75) is 24.9 Å². The number of fused-ring (bicyclic) bond motifs is 2. The molecule has 2 aliphatic heterocycles. The molecule has 0 N–H and O–H groups in total. The molecule has 0 aromatic heterocycles. The van der Waals surface area contributed by atoms with E-state index in [0.717, 1.165) is 18.5 Å². The van der Waals surface area contributed by atoms with Crippen LogP contribution >= 0.6 is 0 Å². The highest BCUT2D eigenvalue weighted by Crippen LogP contribution is 2.34. The number of nitro benzene ring substituents is 1. The minimum absolute atomic E-state index is 0.0602. The molecule has 0 spiro atoms. The van der Waals surface area contributed by atoms with Gasteiger partial charge >= 0.3 is 0 Å². The van der Waals surface area contributed by atoms with E-state index in [1.807, 2.05) is 5.01 Å². The van der Waals surface area contributed by atoms with Gasteiger partial charge in [0, 0.05) is 12.1 Å². The summed E-state index contributed by atoms with van der Waals surface area (Å²) < 4.78 is 0. The molecular weight excluding hydrogens is 244 g/mol. The average Bonchev–Trinajstić information content (AvgIpc) is 2.47. The molecule has 1 aromatic carbocycles. The van der Waals surface area contributed by atoms with Crippen molar-refractivity contribution in [2.75, 3.05) is 5.01 Å². The van der Waals surface area contributed by atoms with Gasteiger partial charge in [0.05, 0.1) is 22.7 Å². The van der Waals surface area contributed by atoms with Crippen molar-refractivity contribution in [3.05, 3.63) is 46.5 Å². The van der Waals surface area contributed by atoms with Crippen LogP contribution in [0, 0.1) is 21.6 Å². The number of hydrogen-bond donors (Lipinski definition) is 0. The summed E-state index contributed by atoms with van der Waals surface area (Å²) in [6, 6.07) is 6.58. The smallest absolute Gasteiger partial charge is 0.269 e. The van der Waals surface area contributed by atoms with Gasteiger partial charge in [-0.25, -0.2) is 5.01 Å². The molecule has 4 rings (SSSR count). The summed E-state index contributed by atoms with van der Waals surface area (Å²) in [5.74, 6) is 0. The minimum Gasteiger partial charge on any atom is -0.269 e. The van der Waals surface area contributed by atoms with Gasteiger partial charge < -0.3 is 0 Å². The van der Waals surface area contributed by atoms with Gasteiger partial charge in [0.1, 0.15) is 0 Å². The zero-order chi connectivity index (χ0) is 13.4. The van der Waals surface area contributed by atoms with E-state index in [9.17, 15) is 15.4 Å². The lowest BCUT2D eigenvalue weighted by molar-refractivity contribution is -0.384. The Labute approximate surface area is 110 Å². The quantitative estimate of drug-likeness (QED) is 0.351. The lowest BCUT2D eigenvalue weighted by Crippen LogP contribution is -2.57. The van der Waals surface area contributed by atoms with Gasteiger partial charge in [-0.05, 0) is 25.0 Å². The number of rotatable bonds is 2. The van der Waals surface area contributed by atoms with Crippen LogP contribution in [0.15, 0.2) is 36.4 Å². The minimum atomic E-state index is -0.423. The molecular formula is C13H12N4O2. The fourth-order valence-electron chi connectivity index (χ4n) is 2.68. The van der Waals surface area contributed by atoms with E-state index in [1.165, 1.54) is 12.1 Å². The Kier molecular flexibility index (Phi) is 2.60. The monoisotopic (exact) mass is 256 g/mol. The van der Waals surface area contributed by atoms with E-state index < -0.39 is 4.92 Å². The molecule has 96 valence electrons. The van der Waals surface area contributed by atoms with Crippen molar-refractivity contribution < 1.29 is 4.92 Å². The summed E-state index contributed by atoms with van der Waals surface area (Å²) in [4.78, 5) is 10.2. The van der Waals surface area contributed by atoms with Crippen molar-refractivity contribution in [2.24, 2.45) is 0 Å². The van der Waals surface area contributed by atoms with E-state index in [-0.39, 0.29) is 17.8 Å². The van der Waals surface area contributed by atoms with Crippen molar-refractivity contribution >= 4 is 11.4 Å². The summed E-state index contributed by atoms with van der Waals surface area (Å²) in [6.07, 6.45) is 8.32. The molecule has 0 saturated carbocycles. The van der Waals surface area contributed by atoms with E-state index >= 15 is 0 Å². The summed E-state index contributed by atoms with van der Waals surface area (Å²) >= 11 is 0. The normalized spacial score (nSPS) is 24.4. The Bertz CT molecular complexity index is 575. The third kappa shape index (κ3) is 1.80. The fourth-order valence-corrected chi connectivity index (χ4v) is 2.68. The zero-order valence-electron chi connectivity index (χ0n) is 10.1. The molecule has 2 heterocycles. The molecule has 1 aromatic rings. The van der Waals surface area contributed by atoms with E-state index in [0.29, 0.717) is 0 Å². The van der Waals surface area contributed by atoms with Gasteiger partial charge in [-0.15, -0.1) is 0 Å². The van der Waals surface area contributed by atoms with Crippen LogP contribution in [0.1, 0.15) is 12.8 Å². The lowest BCUT2D eigenvalue weighted by atomic mass is 9.94. The van der Waals surface area contributed by atoms with Gasteiger partial charge in [0.25, 0.3) is 5.69 Å². The van der Waals surface area contributed by atoms with Crippen LogP contribution in [0.2, 0.25) is 0 Å². The zero-order valence-corrected chi connectivity index (χ0v) is 10.1. The molecule has 0 amide bonds. The number of nitriles is 1. The highest BCUT2D eigenvalue weighted by Gasteiger charge is 2.36. The number of anilines is 1. The van der Waals surface area contributed by atoms with E-state index in [4.69, 9.17) is 0 Å². The van der Waals surface area contributed by atoms with Crippen LogP contribution in [0.5, 0.6) is 0 Å². The van der Waals surface area contributed by atoms with Gasteiger partial charge in [-0.1, -0.05) is 12.2 Å². The molecule has 0 radical (unpaired) electrons. The molecule has 2 bridgehead atoms. The predicted molar refractivity (Wildman–Crippen MR) is 69.0 cm³/mol. The Balaban J connectivity index is 1.95. The van der Waals surface area contributed by atoms with Crippen molar-refractivity contribution in [3.63, 3.8) is 0 Å². The maximum Gasteiger partial charge on any atom is 0.269 e. The number of nitrogens with zero attached hydrogens (tertiary/aromatic N) is 4. The standard InChI is InChI=1S/C13H12N4O2/c14-9-15-10-1-3-11(4-2-10)16(15)12-5-7-13(8-6-12)17(18)19/h1,3,5-8,10-11H,2,4H2. The summed E-state index contributed by atoms with van der Waals surface area (Å²) in [5.41, 5.74) is 0.871. The molecule has 2 atom stereocenters. The summed E-state index contributed by atoms with van der Waals surface area (Å²) in [6.45, 7) is 0. The second-order valence-corrected chi connectivity index (χ2v) is 4.66. The third-order valence-electron chi connectivity index (χ3n) is 3.60. The highest BCUT2D eigenvalue weighted by atomic mass is 16.6. The second kappa shape index (κ2) is 4.28. The van der Waals surface area contributed by atoms with Gasteiger partial charge in [0.15, 0.2) is 0 Å². The fraction of sp³-hybridized carbons (Fsp3) is 0.308. The molecule has 6 nitrogen and oxygen atoms in total. The first-order chi connectivity index (χ1) is 9.20. The van der Waals surface area contributed by atoms with Crippen LogP contribution in [-0.2, 0) is 0 Å². The first-order valence-corrected chi connectivity index (χ1v) is 6.11. The number of hydrogen-bond acceptors (Lipinski definition) is 5. The first-order valence-electron chi connectivity index (χ1n) is 6.11. The maximum atomic E-state index is 10.7. The average molecular weight is 256 g/mol. The molecule has 19 heavy (non-hydrogen) atoms. The van der Waals surface area contributed by atoms with Crippen LogP contribution < -0.4 is 5.01 Å². The predicted octanol–water partition coefficient (Wildman–Crippen LogP) is 2.20. The molecule has 6 heteroatoms. The third-order valence-corrected chi connectivity index (χ3v) is 3.60. The first kappa shape index (κ1) is 11.5. The van der Waals surface area contributed by atoms with Crippen LogP contribution in [0.3, 0.4) is 0 Å². The number of benzene rings is 1. The Morgan fingerprint density at radius 3 is 2.37 bits per heavy atom. The van der Waals surface area contributed by atoms with Crippen molar-refractivity contribution in [1.29, 1.82) is 5.26 Å². The largest absolute Gasteiger partial charge is 0.269 e.